The number of fused-ring (bicyclic) bond motifs is 2. The Morgan fingerprint density at radius 1 is 1.04 bits per heavy atom. The molecule has 4 aromatic rings. The first-order valence-corrected chi connectivity index (χ1v) is 9.43. The number of H-pyrrole nitrogens is 1. The van der Waals surface area contributed by atoms with Crippen molar-refractivity contribution < 1.29 is 0 Å². The standard InChI is InChI=1S/C20H17N3OS/c24-20-15-11-13(23-9-3-4-10-23)7-8-17(15)21-19(22-20)16-12-25-18-6-2-1-5-14(16)18/h1-2,5-8,11-12H,3-4,9-10H2,(H,21,22,24). The largest absolute Gasteiger partial charge is 0.372 e. The first kappa shape index (κ1) is 14.7. The Bertz CT molecular complexity index is 1140. The third-order valence-electron chi connectivity index (χ3n) is 4.90. The molecule has 2 aromatic carbocycles. The second kappa shape index (κ2) is 5.70. The van der Waals surface area contributed by atoms with Crippen LogP contribution < -0.4 is 10.5 Å². The molecule has 0 atom stereocenters. The van der Waals surface area contributed by atoms with Gasteiger partial charge in [0.25, 0.3) is 5.56 Å². The molecule has 4 nitrogen and oxygen atoms in total. The lowest BCUT2D eigenvalue weighted by atomic mass is 10.1. The van der Waals surface area contributed by atoms with Crippen LogP contribution >= 0.6 is 11.3 Å². The fourth-order valence-electron chi connectivity index (χ4n) is 3.59. The van der Waals surface area contributed by atoms with Crippen molar-refractivity contribution in [3.63, 3.8) is 0 Å². The minimum Gasteiger partial charge on any atom is -0.372 e. The van der Waals surface area contributed by atoms with E-state index in [1.165, 1.54) is 17.5 Å². The molecule has 0 saturated carbocycles. The van der Waals surface area contributed by atoms with Crippen LogP contribution in [0.5, 0.6) is 0 Å². The summed E-state index contributed by atoms with van der Waals surface area (Å²) in [6, 6.07) is 14.2. The van der Waals surface area contributed by atoms with Crippen LogP contribution in [0.3, 0.4) is 0 Å². The topological polar surface area (TPSA) is 49.0 Å². The fourth-order valence-corrected chi connectivity index (χ4v) is 4.53. The van der Waals surface area contributed by atoms with Gasteiger partial charge in [0, 0.05) is 39.8 Å². The molecule has 1 aliphatic heterocycles. The molecule has 1 N–H and O–H groups in total. The Morgan fingerprint density at radius 3 is 2.76 bits per heavy atom. The van der Waals surface area contributed by atoms with Gasteiger partial charge in [-0.15, -0.1) is 11.3 Å². The Balaban J connectivity index is 1.66. The van der Waals surface area contributed by atoms with Crippen LogP contribution in [0.4, 0.5) is 5.69 Å². The second-order valence-corrected chi connectivity index (χ2v) is 7.37. The van der Waals surface area contributed by atoms with Gasteiger partial charge in [0.15, 0.2) is 0 Å². The van der Waals surface area contributed by atoms with Crippen molar-refractivity contribution in [2.75, 3.05) is 18.0 Å². The van der Waals surface area contributed by atoms with Crippen molar-refractivity contribution in [3.8, 4) is 11.4 Å². The summed E-state index contributed by atoms with van der Waals surface area (Å²) in [4.78, 5) is 22.7. The van der Waals surface area contributed by atoms with Crippen LogP contribution in [0.15, 0.2) is 52.6 Å². The number of thiophene rings is 1. The number of aromatic amines is 1. The number of nitrogens with zero attached hydrogens (tertiary/aromatic N) is 2. The van der Waals surface area contributed by atoms with Gasteiger partial charge in [0.2, 0.25) is 0 Å². The van der Waals surface area contributed by atoms with E-state index in [1.54, 1.807) is 11.3 Å². The van der Waals surface area contributed by atoms with Gasteiger partial charge in [-0.25, -0.2) is 4.98 Å². The molecular formula is C20H17N3OS. The molecule has 0 bridgehead atoms. The van der Waals surface area contributed by atoms with E-state index in [2.05, 4.69) is 33.5 Å². The molecule has 2 aromatic heterocycles. The summed E-state index contributed by atoms with van der Waals surface area (Å²) in [6.45, 7) is 2.13. The first-order valence-electron chi connectivity index (χ1n) is 8.55. The minimum atomic E-state index is -0.0728. The minimum absolute atomic E-state index is 0.0728. The summed E-state index contributed by atoms with van der Waals surface area (Å²) in [6.07, 6.45) is 2.44. The molecule has 0 amide bonds. The van der Waals surface area contributed by atoms with E-state index in [-0.39, 0.29) is 5.56 Å². The predicted octanol–water partition coefficient (Wildman–Crippen LogP) is 4.41. The number of aromatic nitrogens is 2. The Labute approximate surface area is 148 Å². The monoisotopic (exact) mass is 347 g/mol. The molecule has 124 valence electrons. The van der Waals surface area contributed by atoms with Gasteiger partial charge in [-0.1, -0.05) is 18.2 Å². The summed E-state index contributed by atoms with van der Waals surface area (Å²) < 4.78 is 1.20. The van der Waals surface area contributed by atoms with Crippen LogP contribution in [-0.4, -0.2) is 23.1 Å². The number of hydrogen-bond acceptors (Lipinski definition) is 4. The molecule has 0 spiro atoms. The number of rotatable bonds is 2. The van der Waals surface area contributed by atoms with Crippen molar-refractivity contribution >= 4 is 38.0 Å². The molecule has 1 fully saturated rings. The van der Waals surface area contributed by atoms with E-state index < -0.39 is 0 Å². The van der Waals surface area contributed by atoms with E-state index in [4.69, 9.17) is 4.98 Å². The van der Waals surface area contributed by atoms with Crippen molar-refractivity contribution in [2.24, 2.45) is 0 Å². The lowest BCUT2D eigenvalue weighted by Crippen LogP contribution is -2.18. The number of nitrogens with one attached hydrogen (secondary N) is 1. The van der Waals surface area contributed by atoms with E-state index >= 15 is 0 Å². The van der Waals surface area contributed by atoms with Crippen LogP contribution in [0.1, 0.15) is 12.8 Å². The van der Waals surface area contributed by atoms with Gasteiger partial charge in [-0.3, -0.25) is 4.79 Å². The summed E-state index contributed by atoms with van der Waals surface area (Å²) >= 11 is 1.67. The van der Waals surface area contributed by atoms with Gasteiger partial charge >= 0.3 is 0 Å². The maximum absolute atomic E-state index is 12.7. The highest BCUT2D eigenvalue weighted by atomic mass is 32.1. The van der Waals surface area contributed by atoms with Crippen molar-refractivity contribution in [3.05, 3.63) is 58.2 Å². The van der Waals surface area contributed by atoms with Crippen molar-refractivity contribution in [1.29, 1.82) is 0 Å². The second-order valence-electron chi connectivity index (χ2n) is 6.46. The average molecular weight is 347 g/mol. The van der Waals surface area contributed by atoms with Crippen molar-refractivity contribution in [1.82, 2.24) is 9.97 Å². The van der Waals surface area contributed by atoms with Gasteiger partial charge < -0.3 is 9.88 Å². The number of benzene rings is 2. The molecule has 3 heterocycles. The SMILES string of the molecule is O=c1[nH]c(-c2csc3ccccc23)nc2ccc(N3CCCC3)cc12. The van der Waals surface area contributed by atoms with Crippen LogP contribution in [0.25, 0.3) is 32.4 Å². The molecule has 25 heavy (non-hydrogen) atoms. The third kappa shape index (κ3) is 2.43. The van der Waals surface area contributed by atoms with Crippen molar-refractivity contribution in [2.45, 2.75) is 12.8 Å². The van der Waals surface area contributed by atoms with E-state index in [0.29, 0.717) is 11.2 Å². The number of hydrogen-bond donors (Lipinski definition) is 1. The quantitative estimate of drug-likeness (QED) is 0.584. The van der Waals surface area contributed by atoms with Crippen LogP contribution in [0, 0.1) is 0 Å². The zero-order chi connectivity index (χ0) is 16.8. The predicted molar refractivity (Wildman–Crippen MR) is 105 cm³/mol. The maximum atomic E-state index is 12.7. The van der Waals surface area contributed by atoms with Crippen LogP contribution in [-0.2, 0) is 0 Å². The van der Waals surface area contributed by atoms with Crippen LogP contribution in [0.2, 0.25) is 0 Å². The molecule has 1 saturated heterocycles. The van der Waals surface area contributed by atoms with E-state index in [0.717, 1.165) is 35.2 Å². The average Bonchev–Trinajstić information content (AvgIpc) is 3.31. The molecule has 1 aliphatic rings. The zero-order valence-electron chi connectivity index (χ0n) is 13.7. The van der Waals surface area contributed by atoms with Gasteiger partial charge in [-0.2, -0.15) is 0 Å². The molecule has 5 heteroatoms. The lowest BCUT2D eigenvalue weighted by Gasteiger charge is -2.17. The highest BCUT2D eigenvalue weighted by Gasteiger charge is 2.15. The third-order valence-corrected chi connectivity index (χ3v) is 5.86. The normalized spacial score (nSPS) is 14.6. The molecule has 5 rings (SSSR count). The Morgan fingerprint density at radius 2 is 1.88 bits per heavy atom. The zero-order valence-corrected chi connectivity index (χ0v) is 14.5. The molecular weight excluding hydrogens is 330 g/mol. The summed E-state index contributed by atoms with van der Waals surface area (Å²) in [5.74, 6) is 0.642. The first-order chi connectivity index (χ1) is 12.3. The smallest absolute Gasteiger partial charge is 0.259 e. The molecule has 0 radical (unpaired) electrons. The van der Waals surface area contributed by atoms with Gasteiger partial charge in [0.1, 0.15) is 5.82 Å². The Kier molecular flexibility index (Phi) is 3.35. The molecule has 0 aliphatic carbocycles. The highest BCUT2D eigenvalue weighted by Crippen LogP contribution is 2.32. The summed E-state index contributed by atoms with van der Waals surface area (Å²) in [5.41, 5.74) is 2.78. The van der Waals surface area contributed by atoms with Gasteiger partial charge in [-0.05, 0) is 37.1 Å². The summed E-state index contributed by atoms with van der Waals surface area (Å²) in [7, 11) is 0. The number of anilines is 1. The Hall–Kier alpha value is -2.66. The fraction of sp³-hybridized carbons (Fsp3) is 0.200. The summed E-state index contributed by atoms with van der Waals surface area (Å²) in [5, 5.41) is 3.85. The van der Waals surface area contributed by atoms with Gasteiger partial charge in [0.05, 0.1) is 10.9 Å². The van der Waals surface area contributed by atoms with E-state index in [1.807, 2.05) is 24.3 Å². The van der Waals surface area contributed by atoms with E-state index in [9.17, 15) is 4.79 Å². The highest BCUT2D eigenvalue weighted by molar-refractivity contribution is 7.17. The molecule has 0 unspecified atom stereocenters. The maximum Gasteiger partial charge on any atom is 0.259 e. The lowest BCUT2D eigenvalue weighted by molar-refractivity contribution is 0.949.